The minimum atomic E-state index is -3.91. The van der Waals surface area contributed by atoms with E-state index in [1.807, 2.05) is 20.8 Å². The van der Waals surface area contributed by atoms with Gasteiger partial charge in [-0.05, 0) is 72.6 Å². The van der Waals surface area contributed by atoms with Gasteiger partial charge >= 0.3 is 0 Å². The van der Waals surface area contributed by atoms with Crippen LogP contribution in [0.3, 0.4) is 0 Å². The van der Waals surface area contributed by atoms with Gasteiger partial charge in [0.2, 0.25) is 9.84 Å². The molecule has 0 saturated heterocycles. The highest BCUT2D eigenvalue weighted by Crippen LogP contribution is 2.38. The highest BCUT2D eigenvalue weighted by Gasteiger charge is 2.21. The quantitative estimate of drug-likeness (QED) is 0.562. The highest BCUT2D eigenvalue weighted by atomic mass is 79.9. The third kappa shape index (κ3) is 4.90. The zero-order valence-corrected chi connectivity index (χ0v) is 17.7. The second-order valence-corrected chi connectivity index (χ2v) is 8.41. The summed E-state index contributed by atoms with van der Waals surface area (Å²) in [6.45, 7) is 6.45. The molecule has 0 radical (unpaired) electrons. The Labute approximate surface area is 168 Å². The molecule has 0 aliphatic rings. The Morgan fingerprint density at radius 2 is 1.78 bits per heavy atom. The van der Waals surface area contributed by atoms with Gasteiger partial charge in [-0.15, -0.1) is 0 Å². The number of hydrogen-bond donors (Lipinski definition) is 0. The van der Waals surface area contributed by atoms with Crippen LogP contribution in [-0.4, -0.2) is 21.6 Å². The maximum atomic E-state index is 12.8. The van der Waals surface area contributed by atoms with Gasteiger partial charge in [-0.25, -0.2) is 8.42 Å². The molecule has 0 fully saturated rings. The molecule has 5 nitrogen and oxygen atoms in total. The van der Waals surface area contributed by atoms with E-state index in [0.29, 0.717) is 34.7 Å². The topological polar surface area (TPSA) is 76.4 Å². The van der Waals surface area contributed by atoms with Crippen LogP contribution in [-0.2, 0) is 9.84 Å². The predicted octanol–water partition coefficient (Wildman–Crippen LogP) is 4.89. The molecule has 0 aliphatic carbocycles. The van der Waals surface area contributed by atoms with Crippen molar-refractivity contribution < 1.29 is 17.9 Å². The fraction of sp³-hybridized carbons (Fsp3) is 0.250. The van der Waals surface area contributed by atoms with Crippen LogP contribution in [0.2, 0.25) is 0 Å². The van der Waals surface area contributed by atoms with E-state index in [1.165, 1.54) is 18.2 Å². The van der Waals surface area contributed by atoms with Gasteiger partial charge < -0.3 is 9.47 Å². The lowest BCUT2D eigenvalue weighted by molar-refractivity contribution is 0.286. The molecule has 0 unspecified atom stereocenters. The number of benzene rings is 2. The Bertz CT molecular complexity index is 990. The highest BCUT2D eigenvalue weighted by molar-refractivity contribution is 9.10. The predicted molar refractivity (Wildman–Crippen MR) is 108 cm³/mol. The van der Waals surface area contributed by atoms with E-state index >= 15 is 0 Å². The molecule has 2 aromatic carbocycles. The first-order valence-corrected chi connectivity index (χ1v) is 10.6. The van der Waals surface area contributed by atoms with Gasteiger partial charge in [0.15, 0.2) is 11.5 Å². The van der Waals surface area contributed by atoms with Crippen LogP contribution >= 0.6 is 15.9 Å². The smallest absolute Gasteiger partial charge is 0.216 e. The summed E-state index contributed by atoms with van der Waals surface area (Å²) >= 11 is 3.42. The van der Waals surface area contributed by atoms with Crippen LogP contribution in [0.1, 0.15) is 25.0 Å². The van der Waals surface area contributed by atoms with E-state index in [-0.39, 0.29) is 9.80 Å². The average Bonchev–Trinajstić information content (AvgIpc) is 2.63. The third-order valence-corrected chi connectivity index (χ3v) is 5.92. The molecule has 2 aromatic rings. The average molecular weight is 450 g/mol. The van der Waals surface area contributed by atoms with Gasteiger partial charge in [0, 0.05) is 0 Å². The second-order valence-electron chi connectivity index (χ2n) is 5.63. The van der Waals surface area contributed by atoms with E-state index < -0.39 is 9.84 Å². The lowest BCUT2D eigenvalue weighted by Crippen LogP contribution is -2.04. The lowest BCUT2D eigenvalue weighted by Gasteiger charge is -2.13. The molecule has 0 spiro atoms. The summed E-state index contributed by atoms with van der Waals surface area (Å²) in [7, 11) is -3.91. The maximum Gasteiger partial charge on any atom is 0.216 e. The zero-order chi connectivity index (χ0) is 20.0. The molecule has 142 valence electrons. The summed E-state index contributed by atoms with van der Waals surface area (Å²) in [4.78, 5) is -0.263. The second kappa shape index (κ2) is 9.07. The number of ether oxygens (including phenoxy) is 2. The summed E-state index contributed by atoms with van der Waals surface area (Å²) in [5.74, 6) is 1.02. The molecule has 7 heteroatoms. The number of rotatable bonds is 7. The summed E-state index contributed by atoms with van der Waals surface area (Å²) in [5, 5.41) is 9.45. The molecule has 0 atom stereocenters. The van der Waals surface area contributed by atoms with Gasteiger partial charge in [-0.1, -0.05) is 17.7 Å². The van der Waals surface area contributed by atoms with E-state index in [4.69, 9.17) is 9.47 Å². The summed E-state index contributed by atoms with van der Waals surface area (Å²) in [5.41, 5.74) is 1.45. The van der Waals surface area contributed by atoms with Crippen LogP contribution in [0.15, 0.2) is 50.7 Å². The lowest BCUT2D eigenvalue weighted by atomic mass is 10.2. The molecule has 0 amide bonds. The monoisotopic (exact) mass is 449 g/mol. The number of allylic oxidation sites excluding steroid dienone is 1. The van der Waals surface area contributed by atoms with Crippen molar-refractivity contribution in [1.82, 2.24) is 0 Å². The minimum Gasteiger partial charge on any atom is -0.490 e. The van der Waals surface area contributed by atoms with Gasteiger partial charge in [0.1, 0.15) is 11.0 Å². The van der Waals surface area contributed by atoms with Crippen LogP contribution in [0, 0.1) is 18.3 Å². The van der Waals surface area contributed by atoms with Gasteiger partial charge in [-0.3, -0.25) is 0 Å². The summed E-state index contributed by atoms with van der Waals surface area (Å²) in [6.07, 6.45) is 1.33. The van der Waals surface area contributed by atoms with Crippen molar-refractivity contribution in [3.63, 3.8) is 0 Å². The molecule has 2 rings (SSSR count). The van der Waals surface area contributed by atoms with Crippen LogP contribution < -0.4 is 9.47 Å². The Balaban J connectivity index is 2.54. The van der Waals surface area contributed by atoms with Crippen LogP contribution in [0.5, 0.6) is 11.5 Å². The van der Waals surface area contributed by atoms with Crippen molar-refractivity contribution in [3.05, 3.63) is 56.9 Å². The SMILES string of the molecule is CCOc1cc(/C=C(\C#N)S(=O)(=O)c2ccc(C)cc2)cc(Br)c1OCC. The van der Waals surface area contributed by atoms with E-state index in [2.05, 4.69) is 15.9 Å². The molecular formula is C20H20BrNO4S. The van der Waals surface area contributed by atoms with Gasteiger partial charge in [-0.2, -0.15) is 5.26 Å². The number of aryl methyl sites for hydroxylation is 1. The molecule has 0 saturated carbocycles. The number of hydrogen-bond acceptors (Lipinski definition) is 5. The first kappa shape index (κ1) is 21.0. The Morgan fingerprint density at radius 1 is 1.15 bits per heavy atom. The number of nitrogens with zero attached hydrogens (tertiary/aromatic N) is 1. The molecule has 0 aliphatic heterocycles. The number of nitriles is 1. The summed E-state index contributed by atoms with van der Waals surface area (Å²) < 4.78 is 37.4. The molecule has 0 N–H and O–H groups in total. The Kier molecular flexibility index (Phi) is 7.05. The molecule has 0 bridgehead atoms. The van der Waals surface area contributed by atoms with Crippen molar-refractivity contribution in [1.29, 1.82) is 5.26 Å². The third-order valence-electron chi connectivity index (χ3n) is 3.65. The Hall–Kier alpha value is -2.30. The standard InChI is InChI=1S/C20H20BrNO4S/c1-4-25-19-12-15(11-18(21)20(19)26-5-2)10-17(13-22)27(23,24)16-8-6-14(3)7-9-16/h6-12H,4-5H2,1-3H3/b17-10+. The van der Waals surface area contributed by atoms with Crippen molar-refractivity contribution >= 4 is 31.8 Å². The molecule has 0 heterocycles. The molecular weight excluding hydrogens is 430 g/mol. The Morgan fingerprint density at radius 3 is 2.33 bits per heavy atom. The van der Waals surface area contributed by atoms with Gasteiger partial charge in [0.05, 0.1) is 22.6 Å². The normalized spacial score (nSPS) is 11.7. The first-order valence-electron chi connectivity index (χ1n) is 8.36. The fourth-order valence-corrected chi connectivity index (χ4v) is 4.12. The molecule has 27 heavy (non-hydrogen) atoms. The van der Waals surface area contributed by atoms with Crippen LogP contribution in [0.25, 0.3) is 6.08 Å². The first-order chi connectivity index (χ1) is 12.8. The molecule has 0 aromatic heterocycles. The zero-order valence-electron chi connectivity index (χ0n) is 15.3. The fourth-order valence-electron chi connectivity index (χ4n) is 2.38. The van der Waals surface area contributed by atoms with Crippen LogP contribution in [0.4, 0.5) is 0 Å². The summed E-state index contributed by atoms with van der Waals surface area (Å²) in [6, 6.07) is 11.5. The van der Waals surface area contributed by atoms with E-state index in [1.54, 1.807) is 30.3 Å². The van der Waals surface area contributed by atoms with E-state index in [9.17, 15) is 13.7 Å². The van der Waals surface area contributed by atoms with Crippen molar-refractivity contribution in [2.75, 3.05) is 13.2 Å². The number of halogens is 1. The van der Waals surface area contributed by atoms with Gasteiger partial charge in [0.25, 0.3) is 0 Å². The van der Waals surface area contributed by atoms with Crippen molar-refractivity contribution in [3.8, 4) is 17.6 Å². The van der Waals surface area contributed by atoms with E-state index in [0.717, 1.165) is 5.56 Å². The van der Waals surface area contributed by atoms with Crippen molar-refractivity contribution in [2.24, 2.45) is 0 Å². The maximum absolute atomic E-state index is 12.8. The minimum absolute atomic E-state index is 0.0796. The number of sulfone groups is 1. The largest absolute Gasteiger partial charge is 0.490 e. The van der Waals surface area contributed by atoms with Crippen molar-refractivity contribution in [2.45, 2.75) is 25.7 Å².